The standard InChI is InChI=1S/C17H23N3OS3/c1-5-10-22-15-19-20-16(24-15)23-11-14(21)18-13-8-6-12(7-9-13)17(2,3)4/h6-9H,5,10-11H2,1-4H3,(H,18,21). The smallest absolute Gasteiger partial charge is 0.234 e. The second-order valence-electron chi connectivity index (χ2n) is 6.35. The number of aromatic nitrogens is 2. The highest BCUT2D eigenvalue weighted by molar-refractivity contribution is 8.03. The third kappa shape index (κ3) is 6.11. The Morgan fingerprint density at radius 1 is 1.12 bits per heavy atom. The van der Waals surface area contributed by atoms with E-state index in [1.807, 2.05) is 12.1 Å². The van der Waals surface area contributed by atoms with Crippen molar-refractivity contribution in [3.63, 3.8) is 0 Å². The first-order valence-electron chi connectivity index (χ1n) is 7.88. The van der Waals surface area contributed by atoms with Crippen molar-refractivity contribution < 1.29 is 4.79 Å². The van der Waals surface area contributed by atoms with Gasteiger partial charge in [0.25, 0.3) is 0 Å². The van der Waals surface area contributed by atoms with E-state index in [0.717, 1.165) is 26.5 Å². The van der Waals surface area contributed by atoms with Crippen molar-refractivity contribution in [2.45, 2.75) is 48.2 Å². The lowest BCUT2D eigenvalue weighted by molar-refractivity contribution is -0.113. The quantitative estimate of drug-likeness (QED) is 0.679. The molecular formula is C17H23N3OS3. The maximum absolute atomic E-state index is 12.1. The number of rotatable bonds is 7. The summed E-state index contributed by atoms with van der Waals surface area (Å²) in [5.41, 5.74) is 2.19. The summed E-state index contributed by atoms with van der Waals surface area (Å²) >= 11 is 4.69. The zero-order valence-electron chi connectivity index (χ0n) is 14.5. The Morgan fingerprint density at radius 3 is 2.33 bits per heavy atom. The summed E-state index contributed by atoms with van der Waals surface area (Å²) < 4.78 is 1.81. The van der Waals surface area contributed by atoms with Crippen LogP contribution in [0.4, 0.5) is 5.69 Å². The second kappa shape index (κ2) is 8.87. The molecule has 0 saturated carbocycles. The van der Waals surface area contributed by atoms with Gasteiger partial charge in [0, 0.05) is 11.4 Å². The van der Waals surface area contributed by atoms with Crippen molar-refractivity contribution in [3.05, 3.63) is 29.8 Å². The van der Waals surface area contributed by atoms with Gasteiger partial charge in [-0.1, -0.05) is 74.7 Å². The molecule has 1 heterocycles. The van der Waals surface area contributed by atoms with E-state index in [1.54, 1.807) is 23.1 Å². The molecule has 1 aromatic heterocycles. The summed E-state index contributed by atoms with van der Waals surface area (Å²) in [6.45, 7) is 8.66. The molecule has 1 amide bonds. The molecule has 130 valence electrons. The number of carbonyl (C=O) groups excluding carboxylic acids is 1. The van der Waals surface area contributed by atoms with Gasteiger partial charge in [0.1, 0.15) is 0 Å². The summed E-state index contributed by atoms with van der Waals surface area (Å²) in [4.78, 5) is 12.1. The Bertz CT molecular complexity index is 662. The van der Waals surface area contributed by atoms with E-state index in [4.69, 9.17) is 0 Å². The second-order valence-corrected chi connectivity index (χ2v) is 9.89. The molecule has 0 saturated heterocycles. The molecule has 0 unspecified atom stereocenters. The van der Waals surface area contributed by atoms with Gasteiger partial charge >= 0.3 is 0 Å². The molecule has 0 radical (unpaired) electrons. The van der Waals surface area contributed by atoms with E-state index in [9.17, 15) is 4.79 Å². The number of nitrogens with one attached hydrogen (secondary N) is 1. The molecule has 1 N–H and O–H groups in total. The van der Waals surface area contributed by atoms with Crippen molar-refractivity contribution in [1.82, 2.24) is 10.2 Å². The number of anilines is 1. The first kappa shape index (κ1) is 19.3. The molecule has 24 heavy (non-hydrogen) atoms. The van der Waals surface area contributed by atoms with E-state index in [-0.39, 0.29) is 11.3 Å². The molecule has 0 atom stereocenters. The topological polar surface area (TPSA) is 54.9 Å². The van der Waals surface area contributed by atoms with Crippen molar-refractivity contribution in [2.75, 3.05) is 16.8 Å². The molecule has 0 spiro atoms. The molecule has 0 aliphatic rings. The minimum Gasteiger partial charge on any atom is -0.325 e. The van der Waals surface area contributed by atoms with Crippen LogP contribution in [-0.2, 0) is 10.2 Å². The molecule has 0 aliphatic heterocycles. The first-order chi connectivity index (χ1) is 11.4. The molecule has 0 fully saturated rings. The van der Waals surface area contributed by atoms with Crippen molar-refractivity contribution in [1.29, 1.82) is 0 Å². The van der Waals surface area contributed by atoms with Crippen LogP contribution in [0.25, 0.3) is 0 Å². The minimum atomic E-state index is -0.0264. The summed E-state index contributed by atoms with van der Waals surface area (Å²) in [6, 6.07) is 8.02. The number of benzene rings is 1. The average Bonchev–Trinajstić information content (AvgIpc) is 2.98. The third-order valence-corrected chi connectivity index (χ3v) is 6.57. The van der Waals surface area contributed by atoms with E-state index < -0.39 is 0 Å². The number of carbonyl (C=O) groups is 1. The van der Waals surface area contributed by atoms with E-state index >= 15 is 0 Å². The molecule has 4 nitrogen and oxygen atoms in total. The molecule has 2 aromatic rings. The van der Waals surface area contributed by atoms with Gasteiger partial charge in [-0.05, 0) is 29.5 Å². The Kier molecular flexibility index (Phi) is 7.13. The van der Waals surface area contributed by atoms with Gasteiger partial charge in [-0.25, -0.2) is 0 Å². The van der Waals surface area contributed by atoms with Crippen LogP contribution in [0.2, 0.25) is 0 Å². The number of amides is 1. The lowest BCUT2D eigenvalue weighted by Crippen LogP contribution is -2.15. The monoisotopic (exact) mass is 381 g/mol. The van der Waals surface area contributed by atoms with Gasteiger partial charge in [0.15, 0.2) is 8.68 Å². The van der Waals surface area contributed by atoms with Crippen molar-refractivity contribution in [2.24, 2.45) is 0 Å². The van der Waals surface area contributed by atoms with E-state index in [2.05, 4.69) is 55.3 Å². The highest BCUT2D eigenvalue weighted by Gasteiger charge is 2.13. The summed E-state index contributed by atoms with van der Waals surface area (Å²) in [6.07, 6.45) is 1.11. The molecule has 1 aromatic carbocycles. The summed E-state index contributed by atoms with van der Waals surface area (Å²) in [5, 5.41) is 11.2. The summed E-state index contributed by atoms with van der Waals surface area (Å²) in [7, 11) is 0. The van der Waals surface area contributed by atoms with E-state index in [0.29, 0.717) is 5.75 Å². The van der Waals surface area contributed by atoms with E-state index in [1.165, 1.54) is 17.3 Å². The molecule has 2 rings (SSSR count). The Labute approximate surface area is 156 Å². The fourth-order valence-electron chi connectivity index (χ4n) is 1.88. The predicted molar refractivity (Wildman–Crippen MR) is 105 cm³/mol. The van der Waals surface area contributed by atoms with Crippen LogP contribution in [0, 0.1) is 0 Å². The third-order valence-electron chi connectivity index (χ3n) is 3.18. The van der Waals surface area contributed by atoms with Crippen LogP contribution in [-0.4, -0.2) is 27.6 Å². The predicted octanol–water partition coefficient (Wildman–Crippen LogP) is 5.07. The fraction of sp³-hybridized carbons (Fsp3) is 0.471. The highest BCUT2D eigenvalue weighted by atomic mass is 32.2. The Morgan fingerprint density at radius 2 is 1.75 bits per heavy atom. The zero-order chi connectivity index (χ0) is 17.6. The Hall–Kier alpha value is -1.05. The van der Waals surface area contributed by atoms with Gasteiger partial charge < -0.3 is 5.32 Å². The number of hydrogen-bond acceptors (Lipinski definition) is 6. The minimum absolute atomic E-state index is 0.0264. The van der Waals surface area contributed by atoms with Gasteiger partial charge in [0.05, 0.1) is 5.75 Å². The van der Waals surface area contributed by atoms with Crippen LogP contribution >= 0.6 is 34.9 Å². The van der Waals surface area contributed by atoms with Crippen molar-refractivity contribution in [3.8, 4) is 0 Å². The molecule has 0 bridgehead atoms. The number of nitrogens with zero attached hydrogens (tertiary/aromatic N) is 2. The van der Waals surface area contributed by atoms with Crippen LogP contribution in [0.3, 0.4) is 0 Å². The number of thioether (sulfide) groups is 2. The lowest BCUT2D eigenvalue weighted by Gasteiger charge is -2.19. The van der Waals surface area contributed by atoms with Crippen LogP contribution in [0.1, 0.15) is 39.7 Å². The van der Waals surface area contributed by atoms with Crippen LogP contribution < -0.4 is 5.32 Å². The summed E-state index contributed by atoms with van der Waals surface area (Å²) in [5.74, 6) is 1.36. The van der Waals surface area contributed by atoms with Crippen molar-refractivity contribution >= 4 is 46.5 Å². The lowest BCUT2D eigenvalue weighted by atomic mass is 9.87. The first-order valence-corrected chi connectivity index (χ1v) is 10.7. The molecule has 0 aliphatic carbocycles. The van der Waals surface area contributed by atoms with Gasteiger partial charge in [-0.15, -0.1) is 10.2 Å². The van der Waals surface area contributed by atoms with Gasteiger partial charge in [0.2, 0.25) is 5.91 Å². The van der Waals surface area contributed by atoms with Gasteiger partial charge in [-0.2, -0.15) is 0 Å². The highest BCUT2D eigenvalue weighted by Crippen LogP contribution is 2.29. The fourth-order valence-corrected chi connectivity index (χ4v) is 4.63. The number of hydrogen-bond donors (Lipinski definition) is 1. The van der Waals surface area contributed by atoms with Crippen LogP contribution in [0.15, 0.2) is 32.9 Å². The largest absolute Gasteiger partial charge is 0.325 e. The normalized spacial score (nSPS) is 11.5. The molecule has 7 heteroatoms. The van der Waals surface area contributed by atoms with Gasteiger partial charge in [-0.3, -0.25) is 4.79 Å². The maximum atomic E-state index is 12.1. The van der Waals surface area contributed by atoms with Crippen LogP contribution in [0.5, 0.6) is 0 Å². The zero-order valence-corrected chi connectivity index (χ0v) is 16.9. The maximum Gasteiger partial charge on any atom is 0.234 e. The average molecular weight is 382 g/mol. The molecular weight excluding hydrogens is 358 g/mol. The SMILES string of the molecule is CCCSc1nnc(SCC(=O)Nc2ccc(C(C)(C)C)cc2)s1. The Balaban J connectivity index is 1.81.